The van der Waals surface area contributed by atoms with Crippen molar-refractivity contribution in [2.45, 2.75) is 6.92 Å². The molecular formula is C21H18N2O. The van der Waals surface area contributed by atoms with E-state index in [4.69, 9.17) is 0 Å². The molecule has 0 radical (unpaired) electrons. The standard InChI is InChI=1S/C21H18N2O/c1-16-9-11-17(12-10-16)13-14-21(24)23-22-15-19-7-4-6-18-5-2-3-8-20(18)19/h2-15H,1H3,(H,23,24)/b14-13+,22-15-. The van der Waals surface area contributed by atoms with Gasteiger partial charge in [-0.3, -0.25) is 4.79 Å². The maximum atomic E-state index is 11.8. The first-order chi connectivity index (χ1) is 11.7. The van der Waals surface area contributed by atoms with Gasteiger partial charge in [0.15, 0.2) is 0 Å². The van der Waals surface area contributed by atoms with Crippen molar-refractivity contribution in [3.8, 4) is 0 Å². The minimum Gasteiger partial charge on any atom is -0.268 e. The van der Waals surface area contributed by atoms with Crippen LogP contribution in [0.3, 0.4) is 0 Å². The fourth-order valence-electron chi connectivity index (χ4n) is 2.42. The summed E-state index contributed by atoms with van der Waals surface area (Å²) in [7, 11) is 0. The van der Waals surface area contributed by atoms with Gasteiger partial charge in [0.1, 0.15) is 0 Å². The highest BCUT2D eigenvalue weighted by Gasteiger charge is 1.97. The molecule has 3 nitrogen and oxygen atoms in total. The molecule has 0 unspecified atom stereocenters. The maximum Gasteiger partial charge on any atom is 0.264 e. The molecule has 0 aliphatic rings. The molecule has 0 aliphatic heterocycles. The van der Waals surface area contributed by atoms with E-state index in [1.807, 2.05) is 61.5 Å². The summed E-state index contributed by atoms with van der Waals surface area (Å²) in [5, 5.41) is 6.29. The SMILES string of the molecule is Cc1ccc(/C=C/C(=O)N/N=C\c2cccc3ccccc23)cc1. The number of rotatable bonds is 4. The number of nitrogens with zero attached hydrogens (tertiary/aromatic N) is 1. The van der Waals surface area contributed by atoms with Crippen molar-refractivity contribution in [3.05, 3.63) is 89.5 Å². The first kappa shape index (κ1) is 15.7. The number of hydrogen-bond acceptors (Lipinski definition) is 2. The van der Waals surface area contributed by atoms with Crippen LogP contribution in [-0.4, -0.2) is 12.1 Å². The summed E-state index contributed by atoms with van der Waals surface area (Å²) in [5.74, 6) is -0.257. The van der Waals surface area contributed by atoms with Crippen LogP contribution in [0.5, 0.6) is 0 Å². The summed E-state index contributed by atoms with van der Waals surface area (Å²) in [4.78, 5) is 11.8. The van der Waals surface area contributed by atoms with Gasteiger partial charge in [-0.2, -0.15) is 5.10 Å². The first-order valence-electron chi connectivity index (χ1n) is 7.78. The molecule has 0 saturated carbocycles. The van der Waals surface area contributed by atoms with Gasteiger partial charge in [0, 0.05) is 11.6 Å². The van der Waals surface area contributed by atoms with Gasteiger partial charge in [0.2, 0.25) is 0 Å². The average molecular weight is 314 g/mol. The molecule has 0 atom stereocenters. The van der Waals surface area contributed by atoms with Crippen LogP contribution >= 0.6 is 0 Å². The van der Waals surface area contributed by atoms with Crippen LogP contribution in [0.4, 0.5) is 0 Å². The normalized spacial score (nSPS) is 11.4. The maximum absolute atomic E-state index is 11.8. The molecule has 3 rings (SSSR count). The van der Waals surface area contributed by atoms with Crippen molar-refractivity contribution >= 4 is 29.0 Å². The van der Waals surface area contributed by atoms with E-state index in [0.29, 0.717) is 0 Å². The summed E-state index contributed by atoms with van der Waals surface area (Å²) < 4.78 is 0. The monoisotopic (exact) mass is 314 g/mol. The van der Waals surface area contributed by atoms with Gasteiger partial charge in [0.25, 0.3) is 5.91 Å². The smallest absolute Gasteiger partial charge is 0.264 e. The van der Waals surface area contributed by atoms with E-state index >= 15 is 0 Å². The Bertz CT molecular complexity index is 903. The van der Waals surface area contributed by atoms with E-state index in [1.54, 1.807) is 12.3 Å². The van der Waals surface area contributed by atoms with Crippen LogP contribution in [0.2, 0.25) is 0 Å². The summed E-state index contributed by atoms with van der Waals surface area (Å²) in [6, 6.07) is 22.0. The Morgan fingerprint density at radius 1 is 0.958 bits per heavy atom. The lowest BCUT2D eigenvalue weighted by Gasteiger charge is -2.01. The predicted molar refractivity (Wildman–Crippen MR) is 99.9 cm³/mol. The van der Waals surface area contributed by atoms with Crippen molar-refractivity contribution in [1.29, 1.82) is 0 Å². The van der Waals surface area contributed by atoms with E-state index in [9.17, 15) is 4.79 Å². The number of nitrogens with one attached hydrogen (secondary N) is 1. The molecule has 0 spiro atoms. The lowest BCUT2D eigenvalue weighted by atomic mass is 10.1. The topological polar surface area (TPSA) is 41.5 Å². The highest BCUT2D eigenvalue weighted by molar-refractivity contribution is 6.00. The Morgan fingerprint density at radius 2 is 1.71 bits per heavy atom. The number of hydrogen-bond donors (Lipinski definition) is 1. The minimum atomic E-state index is -0.257. The molecule has 24 heavy (non-hydrogen) atoms. The number of carbonyl (C=O) groups is 1. The number of hydrazone groups is 1. The molecule has 0 bridgehead atoms. The Balaban J connectivity index is 1.65. The number of benzene rings is 3. The third kappa shape index (κ3) is 3.96. The van der Waals surface area contributed by atoms with Crippen LogP contribution in [0, 0.1) is 6.92 Å². The largest absolute Gasteiger partial charge is 0.268 e. The molecule has 3 aromatic rings. The Hall–Kier alpha value is -3.20. The molecule has 0 heterocycles. The van der Waals surface area contributed by atoms with Crippen molar-refractivity contribution in [2.75, 3.05) is 0 Å². The van der Waals surface area contributed by atoms with E-state index in [2.05, 4.69) is 22.7 Å². The van der Waals surface area contributed by atoms with Gasteiger partial charge in [-0.25, -0.2) is 5.43 Å². The molecule has 3 aromatic carbocycles. The zero-order valence-corrected chi connectivity index (χ0v) is 13.4. The van der Waals surface area contributed by atoms with E-state index in [1.165, 1.54) is 11.6 Å². The van der Waals surface area contributed by atoms with E-state index in [0.717, 1.165) is 21.9 Å². The number of aryl methyl sites for hydroxylation is 1. The molecule has 0 saturated heterocycles. The molecule has 1 amide bonds. The van der Waals surface area contributed by atoms with Crippen molar-refractivity contribution < 1.29 is 4.79 Å². The summed E-state index contributed by atoms with van der Waals surface area (Å²) in [6.07, 6.45) is 4.91. The van der Waals surface area contributed by atoms with Gasteiger partial charge >= 0.3 is 0 Å². The summed E-state index contributed by atoms with van der Waals surface area (Å²) in [5.41, 5.74) is 5.66. The van der Waals surface area contributed by atoms with Gasteiger partial charge in [0.05, 0.1) is 6.21 Å². The van der Waals surface area contributed by atoms with Gasteiger partial charge in [-0.05, 0) is 29.3 Å². The van der Waals surface area contributed by atoms with Crippen LogP contribution < -0.4 is 5.43 Å². The summed E-state index contributed by atoms with van der Waals surface area (Å²) >= 11 is 0. The first-order valence-corrected chi connectivity index (χ1v) is 7.78. The van der Waals surface area contributed by atoms with Crippen LogP contribution in [0.25, 0.3) is 16.8 Å². The quantitative estimate of drug-likeness (QED) is 0.435. The fourth-order valence-corrected chi connectivity index (χ4v) is 2.42. The molecule has 0 aromatic heterocycles. The second-order valence-electron chi connectivity index (χ2n) is 5.55. The lowest BCUT2D eigenvalue weighted by molar-refractivity contribution is -0.116. The van der Waals surface area contributed by atoms with Crippen molar-refractivity contribution in [3.63, 3.8) is 0 Å². The number of amides is 1. The van der Waals surface area contributed by atoms with Gasteiger partial charge < -0.3 is 0 Å². The Morgan fingerprint density at radius 3 is 2.54 bits per heavy atom. The molecule has 1 N–H and O–H groups in total. The second-order valence-corrected chi connectivity index (χ2v) is 5.55. The molecule has 0 fully saturated rings. The fraction of sp³-hybridized carbons (Fsp3) is 0.0476. The Labute approximate surface area is 141 Å². The number of fused-ring (bicyclic) bond motifs is 1. The Kier molecular flexibility index (Phi) is 4.82. The number of carbonyl (C=O) groups excluding carboxylic acids is 1. The van der Waals surface area contributed by atoms with E-state index < -0.39 is 0 Å². The highest BCUT2D eigenvalue weighted by Crippen LogP contribution is 2.16. The lowest BCUT2D eigenvalue weighted by Crippen LogP contribution is -2.14. The molecule has 0 aliphatic carbocycles. The van der Waals surface area contributed by atoms with Crippen molar-refractivity contribution in [2.24, 2.45) is 5.10 Å². The molecule has 3 heteroatoms. The van der Waals surface area contributed by atoms with Gasteiger partial charge in [-0.1, -0.05) is 72.3 Å². The van der Waals surface area contributed by atoms with Crippen molar-refractivity contribution in [1.82, 2.24) is 5.43 Å². The average Bonchev–Trinajstić information content (AvgIpc) is 2.61. The molecular weight excluding hydrogens is 296 g/mol. The third-order valence-electron chi connectivity index (χ3n) is 3.71. The predicted octanol–water partition coefficient (Wildman–Crippen LogP) is 4.31. The zero-order valence-electron chi connectivity index (χ0n) is 13.4. The second kappa shape index (κ2) is 7.38. The third-order valence-corrected chi connectivity index (χ3v) is 3.71. The zero-order chi connectivity index (χ0) is 16.8. The molecule has 118 valence electrons. The van der Waals surface area contributed by atoms with Crippen LogP contribution in [-0.2, 0) is 4.79 Å². The minimum absolute atomic E-state index is 0.257. The van der Waals surface area contributed by atoms with Gasteiger partial charge in [-0.15, -0.1) is 0 Å². The van der Waals surface area contributed by atoms with E-state index in [-0.39, 0.29) is 5.91 Å². The highest BCUT2D eigenvalue weighted by atomic mass is 16.2. The van der Waals surface area contributed by atoms with Crippen LogP contribution in [0.1, 0.15) is 16.7 Å². The van der Waals surface area contributed by atoms with Crippen LogP contribution in [0.15, 0.2) is 77.9 Å². The summed E-state index contributed by atoms with van der Waals surface area (Å²) in [6.45, 7) is 2.03.